The maximum Gasteiger partial charge on any atom is 0.337 e. The van der Waals surface area contributed by atoms with E-state index in [-0.39, 0.29) is 12.2 Å². The van der Waals surface area contributed by atoms with E-state index >= 15 is 0 Å². The highest BCUT2D eigenvalue weighted by Gasteiger charge is 2.11. The molecule has 0 bridgehead atoms. The smallest absolute Gasteiger partial charge is 0.337 e. The third kappa shape index (κ3) is 5.57. The van der Waals surface area contributed by atoms with Gasteiger partial charge >= 0.3 is 5.97 Å². The number of rotatable bonds is 8. The van der Waals surface area contributed by atoms with E-state index in [4.69, 9.17) is 9.47 Å². The third-order valence-corrected chi connectivity index (χ3v) is 4.54. The molecule has 0 heterocycles. The Morgan fingerprint density at radius 3 is 2.39 bits per heavy atom. The Morgan fingerprint density at radius 2 is 1.71 bits per heavy atom. The average Bonchev–Trinajstić information content (AvgIpc) is 2.81. The Bertz CT molecular complexity index is 1100. The van der Waals surface area contributed by atoms with Crippen molar-refractivity contribution in [3.63, 3.8) is 0 Å². The average molecular weight is 420 g/mol. The molecule has 0 amide bonds. The summed E-state index contributed by atoms with van der Waals surface area (Å²) in [6, 6.07) is 18.2. The zero-order valence-electron chi connectivity index (χ0n) is 17.1. The van der Waals surface area contributed by atoms with Gasteiger partial charge in [0.05, 0.1) is 25.3 Å². The number of ether oxygens (including phenoxy) is 3. The van der Waals surface area contributed by atoms with Crippen molar-refractivity contribution in [3.8, 4) is 11.5 Å². The summed E-state index contributed by atoms with van der Waals surface area (Å²) < 4.78 is 29.6. The number of para-hydroxylation sites is 1. The summed E-state index contributed by atoms with van der Waals surface area (Å²) in [6.45, 7) is 0.271. The molecule has 158 valence electrons. The van der Waals surface area contributed by atoms with Crippen LogP contribution in [0.3, 0.4) is 0 Å². The van der Waals surface area contributed by atoms with Gasteiger partial charge in [-0.2, -0.15) is 0 Å². The number of ketones is 1. The fourth-order valence-electron chi connectivity index (χ4n) is 2.84. The van der Waals surface area contributed by atoms with Gasteiger partial charge < -0.3 is 14.2 Å². The second kappa shape index (κ2) is 10.2. The molecule has 3 rings (SSSR count). The minimum absolute atomic E-state index is 0.0406. The highest BCUT2D eigenvalue weighted by molar-refractivity contribution is 6.07. The predicted molar refractivity (Wildman–Crippen MR) is 115 cm³/mol. The van der Waals surface area contributed by atoms with Crippen LogP contribution >= 0.6 is 0 Å². The fraction of sp³-hybridized carbons (Fsp3) is 0.120. The van der Waals surface area contributed by atoms with Gasteiger partial charge in [-0.05, 0) is 48.0 Å². The Balaban J connectivity index is 1.70. The monoisotopic (exact) mass is 420 g/mol. The molecule has 0 N–H and O–H groups in total. The molecule has 0 spiro atoms. The molecule has 0 unspecified atom stereocenters. The third-order valence-electron chi connectivity index (χ3n) is 4.54. The first-order chi connectivity index (χ1) is 15.0. The van der Waals surface area contributed by atoms with Gasteiger partial charge in [-0.3, -0.25) is 4.79 Å². The first-order valence-corrected chi connectivity index (χ1v) is 9.47. The first kappa shape index (κ1) is 21.8. The summed E-state index contributed by atoms with van der Waals surface area (Å²) in [7, 11) is 2.76. The van der Waals surface area contributed by atoms with E-state index in [0.717, 1.165) is 5.56 Å². The summed E-state index contributed by atoms with van der Waals surface area (Å²) in [5.41, 5.74) is 1.96. The second-order valence-corrected chi connectivity index (χ2v) is 6.56. The molecule has 0 aliphatic heterocycles. The van der Waals surface area contributed by atoms with Crippen molar-refractivity contribution in [2.75, 3.05) is 14.2 Å². The van der Waals surface area contributed by atoms with Crippen LogP contribution in [0.15, 0.2) is 72.8 Å². The molecular formula is C25H21FO5. The van der Waals surface area contributed by atoms with Crippen LogP contribution in [0.4, 0.5) is 4.39 Å². The zero-order chi connectivity index (χ0) is 22.2. The molecule has 0 aliphatic carbocycles. The number of carbonyl (C=O) groups is 2. The quantitative estimate of drug-likeness (QED) is 0.288. The van der Waals surface area contributed by atoms with Crippen molar-refractivity contribution in [3.05, 3.63) is 101 Å². The lowest BCUT2D eigenvalue weighted by atomic mass is 10.1. The van der Waals surface area contributed by atoms with Gasteiger partial charge in [0.15, 0.2) is 5.78 Å². The van der Waals surface area contributed by atoms with Crippen molar-refractivity contribution < 1.29 is 28.2 Å². The molecule has 3 aromatic carbocycles. The Labute approximate surface area is 179 Å². The van der Waals surface area contributed by atoms with Crippen LogP contribution in [0.25, 0.3) is 6.08 Å². The van der Waals surface area contributed by atoms with Gasteiger partial charge in [0.25, 0.3) is 0 Å². The van der Waals surface area contributed by atoms with Gasteiger partial charge in [-0.25, -0.2) is 9.18 Å². The van der Waals surface area contributed by atoms with Gasteiger partial charge in [0, 0.05) is 11.6 Å². The van der Waals surface area contributed by atoms with Gasteiger partial charge in [-0.15, -0.1) is 0 Å². The van der Waals surface area contributed by atoms with E-state index in [9.17, 15) is 14.0 Å². The number of allylic oxidation sites excluding steroid dienone is 1. The molecule has 3 aromatic rings. The number of esters is 1. The van der Waals surface area contributed by atoms with Crippen molar-refractivity contribution in [1.82, 2.24) is 0 Å². The maximum atomic E-state index is 14.1. The van der Waals surface area contributed by atoms with Gasteiger partial charge in [0.2, 0.25) is 0 Å². The van der Waals surface area contributed by atoms with Crippen molar-refractivity contribution in [2.24, 2.45) is 0 Å². The summed E-state index contributed by atoms with van der Waals surface area (Å²) in [5, 5.41) is 0. The minimum atomic E-state index is -0.645. The molecule has 0 saturated carbocycles. The normalized spacial score (nSPS) is 10.7. The highest BCUT2D eigenvalue weighted by atomic mass is 19.1. The largest absolute Gasteiger partial charge is 0.497 e. The fourth-order valence-corrected chi connectivity index (χ4v) is 2.84. The van der Waals surface area contributed by atoms with Crippen molar-refractivity contribution >= 4 is 17.8 Å². The Kier molecular flexibility index (Phi) is 7.17. The van der Waals surface area contributed by atoms with Crippen molar-refractivity contribution in [1.29, 1.82) is 0 Å². The molecule has 6 heteroatoms. The summed E-state index contributed by atoms with van der Waals surface area (Å²) in [4.78, 5) is 23.9. The summed E-state index contributed by atoms with van der Waals surface area (Å²) in [5.74, 6) is -0.599. The summed E-state index contributed by atoms with van der Waals surface area (Å²) >= 11 is 0. The van der Waals surface area contributed by atoms with E-state index in [1.54, 1.807) is 42.5 Å². The van der Waals surface area contributed by atoms with E-state index in [0.29, 0.717) is 22.6 Å². The van der Waals surface area contributed by atoms with E-state index in [2.05, 4.69) is 4.74 Å². The molecule has 0 atom stereocenters. The Hall–Kier alpha value is -3.93. The molecule has 5 nitrogen and oxygen atoms in total. The molecule has 0 aromatic heterocycles. The van der Waals surface area contributed by atoms with Crippen LogP contribution in [-0.4, -0.2) is 26.0 Å². The maximum absolute atomic E-state index is 14.1. The number of hydrogen-bond donors (Lipinski definition) is 0. The number of carbonyl (C=O) groups excluding carboxylic acids is 2. The van der Waals surface area contributed by atoms with Gasteiger partial charge in [0.1, 0.15) is 23.9 Å². The van der Waals surface area contributed by atoms with E-state index in [1.807, 2.05) is 12.1 Å². The molecule has 0 saturated heterocycles. The number of methoxy groups -OCH3 is 2. The minimum Gasteiger partial charge on any atom is -0.497 e. The molecule has 0 aliphatic rings. The summed E-state index contributed by atoms with van der Waals surface area (Å²) in [6.07, 6.45) is 2.89. The second-order valence-electron chi connectivity index (χ2n) is 6.56. The predicted octanol–water partition coefficient (Wildman–Crippen LogP) is 5.10. The Morgan fingerprint density at radius 1 is 0.968 bits per heavy atom. The lowest BCUT2D eigenvalue weighted by Gasteiger charge is -2.10. The zero-order valence-corrected chi connectivity index (χ0v) is 17.1. The van der Waals surface area contributed by atoms with Crippen LogP contribution < -0.4 is 9.47 Å². The van der Waals surface area contributed by atoms with Crippen LogP contribution in [0.5, 0.6) is 11.5 Å². The molecule has 0 radical (unpaired) electrons. The topological polar surface area (TPSA) is 61.8 Å². The molecular weight excluding hydrogens is 399 g/mol. The standard InChI is InChI=1S/C25H21FO5/c1-29-20-12-13-21(22(26)15-20)23(27)14-11-18-5-3-4-6-24(18)31-16-17-7-9-19(10-8-17)25(28)30-2/h3-15H,16H2,1-2H3. The lowest BCUT2D eigenvalue weighted by Crippen LogP contribution is -2.02. The van der Waals surface area contributed by atoms with Gasteiger partial charge in [-0.1, -0.05) is 30.3 Å². The molecule has 0 fully saturated rings. The van der Waals surface area contributed by atoms with Crippen LogP contribution in [0.1, 0.15) is 31.8 Å². The van der Waals surface area contributed by atoms with Crippen LogP contribution in [0.2, 0.25) is 0 Å². The number of benzene rings is 3. The number of hydrogen-bond acceptors (Lipinski definition) is 5. The van der Waals surface area contributed by atoms with E-state index < -0.39 is 17.6 Å². The van der Waals surface area contributed by atoms with E-state index in [1.165, 1.54) is 38.5 Å². The highest BCUT2D eigenvalue weighted by Crippen LogP contribution is 2.22. The molecule has 31 heavy (non-hydrogen) atoms. The SMILES string of the molecule is COC(=O)c1ccc(COc2ccccc2C=CC(=O)c2ccc(OC)cc2F)cc1. The first-order valence-electron chi connectivity index (χ1n) is 9.47. The number of halogens is 1. The van der Waals surface area contributed by atoms with Crippen LogP contribution in [-0.2, 0) is 11.3 Å². The lowest BCUT2D eigenvalue weighted by molar-refractivity contribution is 0.0600. The van der Waals surface area contributed by atoms with Crippen LogP contribution in [0, 0.1) is 5.82 Å². The van der Waals surface area contributed by atoms with Crippen molar-refractivity contribution in [2.45, 2.75) is 6.61 Å².